The highest BCUT2D eigenvalue weighted by Gasteiger charge is 2.07. The van der Waals surface area contributed by atoms with Gasteiger partial charge in [-0.15, -0.1) is 0 Å². The summed E-state index contributed by atoms with van der Waals surface area (Å²) >= 11 is 3.27. The fourth-order valence-electron chi connectivity index (χ4n) is 2.00. The third-order valence-corrected chi connectivity index (χ3v) is 3.38. The van der Waals surface area contributed by atoms with E-state index >= 15 is 0 Å². The molecule has 5 heteroatoms. The van der Waals surface area contributed by atoms with Crippen molar-refractivity contribution in [2.24, 2.45) is 0 Å². The van der Waals surface area contributed by atoms with Gasteiger partial charge in [-0.2, -0.15) is 0 Å². The van der Waals surface area contributed by atoms with Crippen LogP contribution in [0.2, 0.25) is 0 Å². The smallest absolute Gasteiger partial charge is 0.161 e. The first kappa shape index (κ1) is 15.8. The molecule has 0 spiro atoms. The zero-order chi connectivity index (χ0) is 15.2. The van der Waals surface area contributed by atoms with E-state index in [4.69, 9.17) is 9.47 Å². The Balaban J connectivity index is 2.15. The van der Waals surface area contributed by atoms with Crippen LogP contribution < -0.4 is 14.8 Å². The average Bonchev–Trinajstić information content (AvgIpc) is 2.45. The molecule has 0 bridgehead atoms. The van der Waals surface area contributed by atoms with Gasteiger partial charge in [0.25, 0.3) is 0 Å². The van der Waals surface area contributed by atoms with Gasteiger partial charge in [0, 0.05) is 11.0 Å². The molecule has 2 rings (SSSR count). The SMILES string of the molecule is CNCc1ccc(OC)c(OCc2cc(F)cc(Br)c2)c1. The first-order valence-electron chi connectivity index (χ1n) is 6.51. The minimum absolute atomic E-state index is 0.274. The van der Waals surface area contributed by atoms with Crippen molar-refractivity contribution in [3.63, 3.8) is 0 Å². The van der Waals surface area contributed by atoms with Crippen LogP contribution in [0.3, 0.4) is 0 Å². The molecule has 0 saturated carbocycles. The summed E-state index contributed by atoms with van der Waals surface area (Å²) in [5, 5.41) is 3.09. The number of benzene rings is 2. The minimum Gasteiger partial charge on any atom is -0.493 e. The first-order chi connectivity index (χ1) is 10.1. The lowest BCUT2D eigenvalue weighted by Crippen LogP contribution is -2.06. The van der Waals surface area contributed by atoms with Crippen molar-refractivity contribution in [3.05, 3.63) is 57.8 Å². The van der Waals surface area contributed by atoms with E-state index in [-0.39, 0.29) is 12.4 Å². The van der Waals surface area contributed by atoms with Crippen LogP contribution in [-0.4, -0.2) is 14.2 Å². The van der Waals surface area contributed by atoms with Gasteiger partial charge in [-0.05, 0) is 48.5 Å². The maximum atomic E-state index is 13.3. The fourth-order valence-corrected chi connectivity index (χ4v) is 2.52. The van der Waals surface area contributed by atoms with Gasteiger partial charge in [0.05, 0.1) is 7.11 Å². The van der Waals surface area contributed by atoms with E-state index in [1.54, 1.807) is 7.11 Å². The fraction of sp³-hybridized carbons (Fsp3) is 0.250. The monoisotopic (exact) mass is 353 g/mol. The Labute approximate surface area is 132 Å². The Morgan fingerprint density at radius 3 is 2.57 bits per heavy atom. The third-order valence-electron chi connectivity index (χ3n) is 2.93. The van der Waals surface area contributed by atoms with Gasteiger partial charge in [0.1, 0.15) is 12.4 Å². The Bertz CT molecular complexity index is 599. The molecule has 3 nitrogen and oxygen atoms in total. The standard InChI is InChI=1S/C16H17BrFNO2/c1-19-9-11-3-4-15(20-2)16(7-11)21-10-12-5-13(17)8-14(18)6-12/h3-8,19H,9-10H2,1-2H3. The molecular formula is C16H17BrFNO2. The number of methoxy groups -OCH3 is 1. The average molecular weight is 354 g/mol. The minimum atomic E-state index is -0.293. The zero-order valence-corrected chi connectivity index (χ0v) is 13.5. The largest absolute Gasteiger partial charge is 0.493 e. The molecule has 0 aromatic heterocycles. The second-order valence-corrected chi connectivity index (χ2v) is 5.50. The van der Waals surface area contributed by atoms with Crippen molar-refractivity contribution in [2.75, 3.05) is 14.2 Å². The topological polar surface area (TPSA) is 30.5 Å². The van der Waals surface area contributed by atoms with Crippen molar-refractivity contribution in [3.8, 4) is 11.5 Å². The molecule has 0 fully saturated rings. The Hall–Kier alpha value is -1.59. The van der Waals surface area contributed by atoms with Crippen LogP contribution in [0.1, 0.15) is 11.1 Å². The zero-order valence-electron chi connectivity index (χ0n) is 12.0. The van der Waals surface area contributed by atoms with Gasteiger partial charge in [-0.1, -0.05) is 22.0 Å². The molecule has 0 saturated heterocycles. The molecule has 0 heterocycles. The van der Waals surface area contributed by atoms with Crippen LogP contribution in [0.15, 0.2) is 40.9 Å². The lowest BCUT2D eigenvalue weighted by Gasteiger charge is -2.12. The normalized spacial score (nSPS) is 10.5. The van der Waals surface area contributed by atoms with Crippen molar-refractivity contribution < 1.29 is 13.9 Å². The summed E-state index contributed by atoms with van der Waals surface area (Å²) < 4.78 is 25.1. The maximum absolute atomic E-state index is 13.3. The summed E-state index contributed by atoms with van der Waals surface area (Å²) in [6.45, 7) is 1.02. The Kier molecular flexibility index (Phi) is 5.59. The van der Waals surface area contributed by atoms with Crippen molar-refractivity contribution in [1.82, 2.24) is 5.32 Å². The van der Waals surface area contributed by atoms with Gasteiger partial charge >= 0.3 is 0 Å². The summed E-state index contributed by atoms with van der Waals surface area (Å²) in [7, 11) is 3.48. The van der Waals surface area contributed by atoms with Crippen LogP contribution in [0.4, 0.5) is 4.39 Å². The molecule has 1 N–H and O–H groups in total. The molecule has 0 amide bonds. The molecule has 0 radical (unpaired) electrons. The summed E-state index contributed by atoms with van der Waals surface area (Å²) in [4.78, 5) is 0. The lowest BCUT2D eigenvalue weighted by atomic mass is 10.2. The van der Waals surface area contributed by atoms with Gasteiger partial charge < -0.3 is 14.8 Å². The van der Waals surface area contributed by atoms with E-state index in [0.29, 0.717) is 16.0 Å². The summed E-state index contributed by atoms with van der Waals surface area (Å²) in [6.07, 6.45) is 0. The molecule has 2 aromatic rings. The van der Waals surface area contributed by atoms with Crippen molar-refractivity contribution >= 4 is 15.9 Å². The van der Waals surface area contributed by atoms with Crippen LogP contribution in [0, 0.1) is 5.82 Å². The van der Waals surface area contributed by atoms with Gasteiger partial charge in [-0.25, -0.2) is 4.39 Å². The lowest BCUT2D eigenvalue weighted by molar-refractivity contribution is 0.283. The molecule has 0 aliphatic carbocycles. The van der Waals surface area contributed by atoms with Crippen LogP contribution in [0.25, 0.3) is 0 Å². The number of hydrogen-bond donors (Lipinski definition) is 1. The van der Waals surface area contributed by atoms with E-state index in [0.717, 1.165) is 17.7 Å². The molecule has 0 aliphatic rings. The van der Waals surface area contributed by atoms with Gasteiger partial charge in [0.2, 0.25) is 0 Å². The molecule has 0 atom stereocenters. The van der Waals surface area contributed by atoms with Crippen LogP contribution in [0.5, 0.6) is 11.5 Å². The van der Waals surface area contributed by atoms with E-state index in [1.165, 1.54) is 12.1 Å². The Morgan fingerprint density at radius 1 is 1.10 bits per heavy atom. The Morgan fingerprint density at radius 2 is 1.90 bits per heavy atom. The molecule has 0 aliphatic heterocycles. The highest BCUT2D eigenvalue weighted by atomic mass is 79.9. The van der Waals surface area contributed by atoms with Crippen LogP contribution in [-0.2, 0) is 13.2 Å². The number of ether oxygens (including phenoxy) is 2. The van der Waals surface area contributed by atoms with Gasteiger partial charge in [0.15, 0.2) is 11.5 Å². The third kappa shape index (κ3) is 4.44. The molecular weight excluding hydrogens is 337 g/mol. The molecule has 2 aromatic carbocycles. The van der Waals surface area contributed by atoms with E-state index in [9.17, 15) is 4.39 Å². The number of halogens is 2. The summed E-state index contributed by atoms with van der Waals surface area (Å²) in [5.41, 5.74) is 1.84. The van der Waals surface area contributed by atoms with E-state index < -0.39 is 0 Å². The summed E-state index contributed by atoms with van der Waals surface area (Å²) in [5.74, 6) is 1.01. The molecule has 0 unspecified atom stereocenters. The molecule has 21 heavy (non-hydrogen) atoms. The number of hydrogen-bond acceptors (Lipinski definition) is 3. The van der Waals surface area contributed by atoms with E-state index in [2.05, 4.69) is 21.2 Å². The summed E-state index contributed by atoms with van der Waals surface area (Å²) in [6, 6.07) is 10.5. The van der Waals surface area contributed by atoms with E-state index in [1.807, 2.05) is 31.3 Å². The highest BCUT2D eigenvalue weighted by molar-refractivity contribution is 9.10. The predicted octanol–water partition coefficient (Wildman–Crippen LogP) is 3.90. The number of nitrogens with one attached hydrogen (secondary N) is 1. The second kappa shape index (κ2) is 7.43. The quantitative estimate of drug-likeness (QED) is 0.854. The second-order valence-electron chi connectivity index (χ2n) is 4.58. The predicted molar refractivity (Wildman–Crippen MR) is 84.2 cm³/mol. The van der Waals surface area contributed by atoms with Crippen molar-refractivity contribution in [2.45, 2.75) is 13.2 Å². The highest BCUT2D eigenvalue weighted by Crippen LogP contribution is 2.29. The maximum Gasteiger partial charge on any atom is 0.161 e. The number of rotatable bonds is 6. The van der Waals surface area contributed by atoms with Gasteiger partial charge in [-0.3, -0.25) is 0 Å². The van der Waals surface area contributed by atoms with Crippen molar-refractivity contribution in [1.29, 1.82) is 0 Å². The molecule has 112 valence electrons. The first-order valence-corrected chi connectivity index (χ1v) is 7.31. The van der Waals surface area contributed by atoms with Crippen LogP contribution >= 0.6 is 15.9 Å².